The van der Waals surface area contributed by atoms with Crippen molar-refractivity contribution in [3.63, 3.8) is 0 Å². The van der Waals surface area contributed by atoms with Gasteiger partial charge in [0, 0.05) is 6.92 Å². The van der Waals surface area contributed by atoms with Crippen LogP contribution in [0.4, 0.5) is 0 Å². The first-order valence-corrected chi connectivity index (χ1v) is 6.58. The summed E-state index contributed by atoms with van der Waals surface area (Å²) < 4.78 is 15.2. The molecule has 22 heavy (non-hydrogen) atoms. The second kappa shape index (κ2) is 6.88. The van der Waals surface area contributed by atoms with Crippen LogP contribution in [0.1, 0.15) is 17.5 Å². The zero-order chi connectivity index (χ0) is 16.3. The van der Waals surface area contributed by atoms with Gasteiger partial charge in [0.2, 0.25) is 18.0 Å². The van der Waals surface area contributed by atoms with Crippen molar-refractivity contribution in [3.8, 4) is 0 Å². The lowest BCUT2D eigenvalue weighted by Crippen LogP contribution is -2.64. The van der Waals surface area contributed by atoms with Crippen LogP contribution in [0.25, 0.3) is 0 Å². The fraction of sp³-hybridized carbons (Fsp3) is 0.538. The van der Waals surface area contributed by atoms with Gasteiger partial charge in [0.25, 0.3) is 0 Å². The van der Waals surface area contributed by atoms with E-state index in [0.29, 0.717) is 0 Å². The molecule has 1 amide bonds. The lowest BCUT2D eigenvalue weighted by molar-refractivity contribution is -0.253. The maximum absolute atomic E-state index is 11.9. The molecular weight excluding hydrogens is 298 g/mol. The predicted octanol–water partition coefficient (Wildman–Crippen LogP) is -1.62. The Labute approximate surface area is 125 Å². The average Bonchev–Trinajstić information content (AvgIpc) is 3.00. The average molecular weight is 315 g/mol. The maximum Gasteiger partial charge on any atom is 0.376 e. The molecule has 3 unspecified atom stereocenters. The summed E-state index contributed by atoms with van der Waals surface area (Å²) in [5.74, 6) is -1.47. The normalized spacial score (nSPS) is 31.5. The number of furan rings is 1. The summed E-state index contributed by atoms with van der Waals surface area (Å²) >= 11 is 0. The van der Waals surface area contributed by atoms with E-state index in [-0.39, 0.29) is 5.76 Å². The number of aliphatic hydroxyl groups is 3. The van der Waals surface area contributed by atoms with Crippen molar-refractivity contribution < 1.29 is 38.8 Å². The Morgan fingerprint density at radius 3 is 2.64 bits per heavy atom. The van der Waals surface area contributed by atoms with Gasteiger partial charge in [-0.1, -0.05) is 0 Å². The van der Waals surface area contributed by atoms with E-state index in [1.807, 2.05) is 0 Å². The first kappa shape index (κ1) is 16.4. The summed E-state index contributed by atoms with van der Waals surface area (Å²) in [6.45, 7) is 0.600. The minimum atomic E-state index is -1.48. The Bertz CT molecular complexity index is 516. The van der Waals surface area contributed by atoms with Crippen LogP contribution < -0.4 is 5.32 Å². The van der Waals surface area contributed by atoms with Crippen LogP contribution >= 0.6 is 0 Å². The number of amides is 1. The van der Waals surface area contributed by atoms with E-state index >= 15 is 0 Å². The van der Waals surface area contributed by atoms with E-state index in [9.17, 15) is 19.8 Å². The number of ether oxygens (including phenoxy) is 2. The monoisotopic (exact) mass is 315 g/mol. The second-order valence-corrected chi connectivity index (χ2v) is 4.82. The third kappa shape index (κ3) is 3.45. The lowest BCUT2D eigenvalue weighted by Gasteiger charge is -2.41. The van der Waals surface area contributed by atoms with Crippen LogP contribution in [0.2, 0.25) is 0 Å². The van der Waals surface area contributed by atoms with Gasteiger partial charge >= 0.3 is 5.97 Å². The molecule has 1 aliphatic rings. The molecule has 0 aromatic carbocycles. The molecular formula is C13H17NO8. The van der Waals surface area contributed by atoms with Crippen LogP contribution in [0.3, 0.4) is 0 Å². The number of aliphatic hydroxyl groups excluding tert-OH is 3. The summed E-state index contributed by atoms with van der Waals surface area (Å²) in [4.78, 5) is 23.1. The van der Waals surface area contributed by atoms with E-state index in [1.165, 1.54) is 25.3 Å². The van der Waals surface area contributed by atoms with E-state index in [1.54, 1.807) is 0 Å². The summed E-state index contributed by atoms with van der Waals surface area (Å²) in [5.41, 5.74) is 0. The molecule has 0 aliphatic carbocycles. The first-order chi connectivity index (χ1) is 10.4. The molecule has 1 saturated heterocycles. The fourth-order valence-corrected chi connectivity index (χ4v) is 2.13. The fourth-order valence-electron chi connectivity index (χ4n) is 2.13. The Balaban J connectivity index is 2.16. The number of hydrogen-bond acceptors (Lipinski definition) is 8. The molecule has 1 aliphatic heterocycles. The Kier molecular flexibility index (Phi) is 5.14. The van der Waals surface area contributed by atoms with Gasteiger partial charge in [0.15, 0.2) is 0 Å². The van der Waals surface area contributed by atoms with E-state index < -0.39 is 49.1 Å². The maximum atomic E-state index is 11.9. The molecule has 9 nitrogen and oxygen atoms in total. The molecule has 0 spiro atoms. The zero-order valence-corrected chi connectivity index (χ0v) is 11.7. The smallest absolute Gasteiger partial charge is 0.376 e. The van der Waals surface area contributed by atoms with Crippen molar-refractivity contribution in [3.05, 3.63) is 24.2 Å². The highest BCUT2D eigenvalue weighted by atomic mass is 16.7. The number of hydrogen-bond donors (Lipinski definition) is 4. The zero-order valence-electron chi connectivity index (χ0n) is 11.7. The third-order valence-corrected chi connectivity index (χ3v) is 3.20. The predicted molar refractivity (Wildman–Crippen MR) is 69.5 cm³/mol. The highest BCUT2D eigenvalue weighted by molar-refractivity contribution is 5.86. The summed E-state index contributed by atoms with van der Waals surface area (Å²) in [6, 6.07) is 1.67. The molecule has 0 saturated carbocycles. The van der Waals surface area contributed by atoms with Gasteiger partial charge in [0.05, 0.1) is 12.9 Å². The molecule has 1 aromatic rings. The van der Waals surface area contributed by atoms with Gasteiger partial charge < -0.3 is 34.5 Å². The quantitative estimate of drug-likeness (QED) is 0.486. The van der Waals surface area contributed by atoms with Gasteiger partial charge in [-0.05, 0) is 12.1 Å². The Morgan fingerprint density at radius 2 is 2.09 bits per heavy atom. The number of rotatable bonds is 4. The molecule has 9 heteroatoms. The van der Waals surface area contributed by atoms with Gasteiger partial charge in [-0.25, -0.2) is 4.79 Å². The minimum absolute atomic E-state index is 0.0914. The number of carbonyl (C=O) groups is 2. The van der Waals surface area contributed by atoms with Crippen molar-refractivity contribution in [2.75, 3.05) is 6.61 Å². The molecule has 4 N–H and O–H groups in total. The number of esters is 1. The van der Waals surface area contributed by atoms with Gasteiger partial charge in [-0.2, -0.15) is 0 Å². The molecule has 2 rings (SSSR count). The van der Waals surface area contributed by atoms with Crippen molar-refractivity contribution in [2.45, 2.75) is 37.6 Å². The van der Waals surface area contributed by atoms with Crippen molar-refractivity contribution in [1.82, 2.24) is 5.32 Å². The van der Waals surface area contributed by atoms with Crippen LogP contribution in [0, 0.1) is 0 Å². The van der Waals surface area contributed by atoms with Crippen LogP contribution in [-0.4, -0.2) is 64.4 Å². The van der Waals surface area contributed by atoms with Crippen LogP contribution in [-0.2, 0) is 14.3 Å². The van der Waals surface area contributed by atoms with Gasteiger partial charge in [0.1, 0.15) is 24.4 Å². The molecule has 5 atom stereocenters. The van der Waals surface area contributed by atoms with Gasteiger partial charge in [-0.3, -0.25) is 4.79 Å². The van der Waals surface area contributed by atoms with Crippen molar-refractivity contribution in [2.24, 2.45) is 0 Å². The highest BCUT2D eigenvalue weighted by Gasteiger charge is 2.46. The first-order valence-electron chi connectivity index (χ1n) is 6.58. The van der Waals surface area contributed by atoms with Crippen LogP contribution in [0.5, 0.6) is 0 Å². The lowest BCUT2D eigenvalue weighted by atomic mass is 9.97. The molecule has 1 fully saturated rings. The highest BCUT2D eigenvalue weighted by Crippen LogP contribution is 2.23. The Hall–Kier alpha value is -1.94. The third-order valence-electron chi connectivity index (χ3n) is 3.20. The van der Waals surface area contributed by atoms with Crippen LogP contribution in [0.15, 0.2) is 22.8 Å². The summed E-state index contributed by atoms with van der Waals surface area (Å²) in [5, 5.41) is 31.3. The Morgan fingerprint density at radius 1 is 1.36 bits per heavy atom. The largest absolute Gasteiger partial charge is 0.457 e. The molecule has 0 bridgehead atoms. The van der Waals surface area contributed by atoms with Crippen molar-refractivity contribution in [1.29, 1.82) is 0 Å². The van der Waals surface area contributed by atoms with E-state index in [4.69, 9.17) is 19.0 Å². The molecule has 2 heterocycles. The van der Waals surface area contributed by atoms with E-state index in [0.717, 1.165) is 0 Å². The molecule has 0 radical (unpaired) electrons. The van der Waals surface area contributed by atoms with E-state index in [2.05, 4.69) is 5.32 Å². The standard InChI is InChI=1S/C13H17NO8/c1-6(16)14-9-11(18)10(17)8(5-15)21-13(9)22-12(19)7-3-2-4-20-7/h2-4,8-11,13,15,17-18H,5H2,1H3,(H,14,16)/t8?,9?,10-,11?,13+/m1/s1. The summed E-state index contributed by atoms with van der Waals surface area (Å²) in [6.07, 6.45) is -4.20. The molecule has 1 aromatic heterocycles. The van der Waals surface area contributed by atoms with Gasteiger partial charge in [-0.15, -0.1) is 0 Å². The summed E-state index contributed by atoms with van der Waals surface area (Å²) in [7, 11) is 0. The second-order valence-electron chi connectivity index (χ2n) is 4.82. The topological polar surface area (TPSA) is 138 Å². The molecule has 122 valence electrons. The SMILES string of the molecule is CC(=O)NC1C(O)[C@H](O)C(CO)O[C@H]1OC(=O)c1ccco1. The minimum Gasteiger partial charge on any atom is -0.457 e. The van der Waals surface area contributed by atoms with Crippen molar-refractivity contribution >= 4 is 11.9 Å². The number of carbonyl (C=O) groups excluding carboxylic acids is 2. The number of nitrogens with one attached hydrogen (secondary N) is 1.